The van der Waals surface area contributed by atoms with Crippen molar-refractivity contribution in [2.24, 2.45) is 17.6 Å². The van der Waals surface area contributed by atoms with Crippen LogP contribution in [0.3, 0.4) is 0 Å². The van der Waals surface area contributed by atoms with Crippen LogP contribution in [0.15, 0.2) is 0 Å². The fraction of sp³-hybridized carbons (Fsp3) is 1.00. The van der Waals surface area contributed by atoms with Gasteiger partial charge in [-0.15, -0.1) is 0 Å². The van der Waals surface area contributed by atoms with Gasteiger partial charge in [-0.05, 0) is 38.0 Å². The third-order valence-electron chi connectivity index (χ3n) is 3.34. The molecule has 0 aromatic carbocycles. The monoisotopic (exact) mass is 185 g/mol. The molecule has 0 heterocycles. The second kappa shape index (κ2) is 4.97. The SMILES string of the molecule is CCCC1CCC(O)C(C(C)N)C1. The van der Waals surface area contributed by atoms with Crippen molar-refractivity contribution in [3.05, 3.63) is 0 Å². The summed E-state index contributed by atoms with van der Waals surface area (Å²) in [6.45, 7) is 4.24. The Bertz CT molecular complexity index is 147. The van der Waals surface area contributed by atoms with Crippen LogP contribution >= 0.6 is 0 Å². The van der Waals surface area contributed by atoms with Gasteiger partial charge in [0.1, 0.15) is 0 Å². The summed E-state index contributed by atoms with van der Waals surface area (Å²) in [5.74, 6) is 1.15. The van der Waals surface area contributed by atoms with Crippen LogP contribution in [-0.2, 0) is 0 Å². The van der Waals surface area contributed by atoms with Gasteiger partial charge in [-0.2, -0.15) is 0 Å². The van der Waals surface area contributed by atoms with E-state index in [4.69, 9.17) is 5.73 Å². The maximum Gasteiger partial charge on any atom is 0.0583 e. The van der Waals surface area contributed by atoms with Crippen molar-refractivity contribution in [2.45, 2.75) is 58.1 Å². The molecule has 0 spiro atoms. The summed E-state index contributed by atoms with van der Waals surface area (Å²) in [6.07, 6.45) is 5.69. The van der Waals surface area contributed by atoms with Crippen LogP contribution in [0.1, 0.15) is 46.0 Å². The maximum atomic E-state index is 9.75. The zero-order valence-electron chi connectivity index (χ0n) is 8.87. The molecule has 13 heavy (non-hydrogen) atoms. The predicted molar refractivity (Wildman–Crippen MR) is 55.4 cm³/mol. The van der Waals surface area contributed by atoms with Crippen LogP contribution in [0, 0.1) is 11.8 Å². The van der Waals surface area contributed by atoms with Crippen molar-refractivity contribution < 1.29 is 5.11 Å². The fourth-order valence-electron chi connectivity index (χ4n) is 2.52. The number of hydrogen-bond donors (Lipinski definition) is 2. The molecular weight excluding hydrogens is 162 g/mol. The van der Waals surface area contributed by atoms with Crippen LogP contribution < -0.4 is 5.73 Å². The Morgan fingerprint density at radius 1 is 1.46 bits per heavy atom. The minimum absolute atomic E-state index is 0.145. The van der Waals surface area contributed by atoms with Crippen molar-refractivity contribution >= 4 is 0 Å². The van der Waals surface area contributed by atoms with Gasteiger partial charge in [0.25, 0.3) is 0 Å². The van der Waals surface area contributed by atoms with Crippen molar-refractivity contribution in [1.29, 1.82) is 0 Å². The summed E-state index contributed by atoms with van der Waals surface area (Å²) >= 11 is 0. The molecule has 1 aliphatic carbocycles. The first-order valence-corrected chi connectivity index (χ1v) is 5.58. The van der Waals surface area contributed by atoms with Crippen LogP contribution in [0.4, 0.5) is 0 Å². The van der Waals surface area contributed by atoms with E-state index in [0.29, 0.717) is 5.92 Å². The minimum Gasteiger partial charge on any atom is -0.393 e. The van der Waals surface area contributed by atoms with Crippen molar-refractivity contribution in [3.63, 3.8) is 0 Å². The molecule has 0 amide bonds. The average molecular weight is 185 g/mol. The van der Waals surface area contributed by atoms with E-state index in [1.807, 2.05) is 6.92 Å². The third kappa shape index (κ3) is 2.96. The smallest absolute Gasteiger partial charge is 0.0583 e. The van der Waals surface area contributed by atoms with Gasteiger partial charge in [0, 0.05) is 6.04 Å². The molecule has 1 saturated carbocycles. The number of aliphatic hydroxyl groups excluding tert-OH is 1. The molecular formula is C11H23NO. The van der Waals surface area contributed by atoms with Crippen molar-refractivity contribution in [2.75, 3.05) is 0 Å². The van der Waals surface area contributed by atoms with Gasteiger partial charge in [0.2, 0.25) is 0 Å². The van der Waals surface area contributed by atoms with E-state index in [-0.39, 0.29) is 12.1 Å². The highest BCUT2D eigenvalue weighted by atomic mass is 16.3. The summed E-state index contributed by atoms with van der Waals surface area (Å²) < 4.78 is 0. The molecule has 0 aromatic rings. The topological polar surface area (TPSA) is 46.2 Å². The summed E-state index contributed by atoms with van der Waals surface area (Å²) in [5, 5.41) is 9.75. The number of rotatable bonds is 3. The highest BCUT2D eigenvalue weighted by Gasteiger charge is 2.30. The number of hydrogen-bond acceptors (Lipinski definition) is 2. The van der Waals surface area contributed by atoms with Gasteiger partial charge in [-0.25, -0.2) is 0 Å². The largest absolute Gasteiger partial charge is 0.393 e. The molecule has 0 saturated heterocycles. The molecule has 2 nitrogen and oxygen atoms in total. The highest BCUT2D eigenvalue weighted by Crippen LogP contribution is 2.33. The zero-order chi connectivity index (χ0) is 9.84. The minimum atomic E-state index is -0.145. The Hall–Kier alpha value is -0.0800. The Balaban J connectivity index is 2.43. The normalized spacial score (nSPS) is 37.4. The van der Waals surface area contributed by atoms with Gasteiger partial charge in [-0.1, -0.05) is 19.8 Å². The summed E-state index contributed by atoms with van der Waals surface area (Å²) in [4.78, 5) is 0. The second-order valence-corrected chi connectivity index (χ2v) is 4.56. The van der Waals surface area contributed by atoms with E-state index in [1.54, 1.807) is 0 Å². The molecule has 3 N–H and O–H groups in total. The first kappa shape index (κ1) is 11.0. The second-order valence-electron chi connectivity index (χ2n) is 4.56. The molecule has 1 rings (SSSR count). The number of aliphatic hydroxyl groups is 1. The Morgan fingerprint density at radius 2 is 2.15 bits per heavy atom. The van der Waals surface area contributed by atoms with Crippen molar-refractivity contribution in [1.82, 2.24) is 0 Å². The molecule has 0 aliphatic heterocycles. The molecule has 1 aliphatic rings. The quantitative estimate of drug-likeness (QED) is 0.705. The molecule has 4 atom stereocenters. The molecule has 0 aromatic heterocycles. The van der Waals surface area contributed by atoms with E-state index >= 15 is 0 Å². The van der Waals surface area contributed by atoms with E-state index in [0.717, 1.165) is 18.8 Å². The summed E-state index contributed by atoms with van der Waals surface area (Å²) in [5.41, 5.74) is 5.86. The molecule has 4 unspecified atom stereocenters. The van der Waals surface area contributed by atoms with Crippen LogP contribution in [0.5, 0.6) is 0 Å². The fourth-order valence-corrected chi connectivity index (χ4v) is 2.52. The Morgan fingerprint density at radius 3 is 2.69 bits per heavy atom. The summed E-state index contributed by atoms with van der Waals surface area (Å²) in [6, 6.07) is 0.148. The van der Waals surface area contributed by atoms with Crippen molar-refractivity contribution in [3.8, 4) is 0 Å². The first-order valence-electron chi connectivity index (χ1n) is 5.58. The van der Waals surface area contributed by atoms with Gasteiger partial charge in [-0.3, -0.25) is 0 Å². The molecule has 0 radical (unpaired) electrons. The third-order valence-corrected chi connectivity index (χ3v) is 3.34. The first-order chi connectivity index (χ1) is 6.15. The lowest BCUT2D eigenvalue weighted by atomic mass is 9.75. The van der Waals surface area contributed by atoms with Gasteiger partial charge < -0.3 is 10.8 Å². The molecule has 2 heteroatoms. The van der Waals surface area contributed by atoms with Crippen LogP contribution in [0.2, 0.25) is 0 Å². The highest BCUT2D eigenvalue weighted by molar-refractivity contribution is 4.84. The Kier molecular flexibility index (Phi) is 4.20. The van der Waals surface area contributed by atoms with Gasteiger partial charge in [0.15, 0.2) is 0 Å². The molecule has 0 bridgehead atoms. The maximum absolute atomic E-state index is 9.75. The predicted octanol–water partition coefficient (Wildman–Crippen LogP) is 1.91. The van der Waals surface area contributed by atoms with E-state index in [9.17, 15) is 5.11 Å². The van der Waals surface area contributed by atoms with Crippen LogP contribution in [0.25, 0.3) is 0 Å². The lowest BCUT2D eigenvalue weighted by Gasteiger charge is -2.35. The molecule has 1 fully saturated rings. The lowest BCUT2D eigenvalue weighted by molar-refractivity contribution is 0.0360. The Labute approximate surface area is 81.5 Å². The van der Waals surface area contributed by atoms with Gasteiger partial charge in [0.05, 0.1) is 6.10 Å². The average Bonchev–Trinajstić information content (AvgIpc) is 2.08. The van der Waals surface area contributed by atoms with E-state index in [2.05, 4.69) is 6.92 Å². The molecule has 78 valence electrons. The van der Waals surface area contributed by atoms with Crippen LogP contribution in [-0.4, -0.2) is 17.3 Å². The van der Waals surface area contributed by atoms with E-state index in [1.165, 1.54) is 19.3 Å². The zero-order valence-corrected chi connectivity index (χ0v) is 8.87. The standard InChI is InChI=1S/C11H23NO/c1-3-4-9-5-6-11(13)10(7-9)8(2)12/h8-11,13H,3-7,12H2,1-2H3. The van der Waals surface area contributed by atoms with E-state index < -0.39 is 0 Å². The van der Waals surface area contributed by atoms with Gasteiger partial charge >= 0.3 is 0 Å². The summed E-state index contributed by atoms with van der Waals surface area (Å²) in [7, 11) is 0. The lowest BCUT2D eigenvalue weighted by Crippen LogP contribution is -2.40. The number of nitrogens with two attached hydrogens (primary N) is 1.